The Labute approximate surface area is 143 Å². The maximum Gasteiger partial charge on any atom is 0.0187 e. The van der Waals surface area contributed by atoms with Crippen LogP contribution >= 0.6 is 0 Å². The van der Waals surface area contributed by atoms with E-state index in [9.17, 15) is 0 Å². The minimum atomic E-state index is 1.07. The standard InChI is InChI=1S/C12H25N.C5H10.2C2H6/c1-5-7-8-9-10-13(4)11-12(3)6-2;1-4-5(2)3;2*1-2/h3,5-11H2,1-2,4H3;4H,1-3H3;2*1-2H3. The van der Waals surface area contributed by atoms with Gasteiger partial charge in [-0.3, -0.25) is 0 Å². The van der Waals surface area contributed by atoms with Gasteiger partial charge in [-0.25, -0.2) is 0 Å². The van der Waals surface area contributed by atoms with Gasteiger partial charge < -0.3 is 4.90 Å². The zero-order valence-corrected chi connectivity index (χ0v) is 17.7. The summed E-state index contributed by atoms with van der Waals surface area (Å²) in [7, 11) is 2.19. The third kappa shape index (κ3) is 36.6. The third-order valence-corrected chi connectivity index (χ3v) is 2.96. The molecule has 0 rings (SSSR count). The molecule has 0 heterocycles. The molecular formula is C21H47N. The summed E-state index contributed by atoms with van der Waals surface area (Å²) < 4.78 is 0. The van der Waals surface area contributed by atoms with Crippen LogP contribution in [0.5, 0.6) is 0 Å². The first-order valence-corrected chi connectivity index (χ1v) is 9.42. The lowest BCUT2D eigenvalue weighted by Crippen LogP contribution is -2.21. The van der Waals surface area contributed by atoms with Gasteiger partial charge in [0.15, 0.2) is 0 Å². The summed E-state index contributed by atoms with van der Waals surface area (Å²) in [6.07, 6.45) is 8.61. The molecule has 0 bridgehead atoms. The van der Waals surface area contributed by atoms with Crippen molar-refractivity contribution in [2.45, 2.75) is 94.4 Å². The molecule has 1 nitrogen and oxygen atoms in total. The van der Waals surface area contributed by atoms with Crippen molar-refractivity contribution < 1.29 is 0 Å². The third-order valence-electron chi connectivity index (χ3n) is 2.96. The number of hydrogen-bond acceptors (Lipinski definition) is 1. The zero-order valence-electron chi connectivity index (χ0n) is 17.7. The molecule has 0 fully saturated rings. The molecule has 0 aliphatic heterocycles. The zero-order chi connectivity index (χ0) is 18.4. The van der Waals surface area contributed by atoms with Crippen LogP contribution in [-0.4, -0.2) is 25.0 Å². The van der Waals surface area contributed by atoms with Crippen LogP contribution in [0.2, 0.25) is 0 Å². The minimum absolute atomic E-state index is 1.07. The van der Waals surface area contributed by atoms with Gasteiger partial charge in [-0.05, 0) is 47.2 Å². The average molecular weight is 314 g/mol. The summed E-state index contributed by atoms with van der Waals surface area (Å²) in [6.45, 7) is 24.9. The summed E-state index contributed by atoms with van der Waals surface area (Å²) in [4.78, 5) is 2.38. The quantitative estimate of drug-likeness (QED) is 0.331. The van der Waals surface area contributed by atoms with Crippen LogP contribution in [0, 0.1) is 0 Å². The predicted molar refractivity (Wildman–Crippen MR) is 109 cm³/mol. The van der Waals surface area contributed by atoms with E-state index in [0.29, 0.717) is 0 Å². The highest BCUT2D eigenvalue weighted by Crippen LogP contribution is 2.03. The first-order valence-electron chi connectivity index (χ1n) is 9.42. The van der Waals surface area contributed by atoms with Gasteiger partial charge in [0, 0.05) is 6.54 Å². The van der Waals surface area contributed by atoms with Crippen LogP contribution in [0.3, 0.4) is 0 Å². The Balaban J connectivity index is -0.000000150. The van der Waals surface area contributed by atoms with Crippen molar-refractivity contribution in [1.29, 1.82) is 0 Å². The van der Waals surface area contributed by atoms with Crippen molar-refractivity contribution >= 4 is 0 Å². The van der Waals surface area contributed by atoms with Gasteiger partial charge in [0.05, 0.1) is 0 Å². The van der Waals surface area contributed by atoms with Crippen molar-refractivity contribution in [3.05, 3.63) is 23.8 Å². The molecule has 0 amide bonds. The summed E-state index contributed by atoms with van der Waals surface area (Å²) in [5.74, 6) is 0. The minimum Gasteiger partial charge on any atom is -0.302 e. The largest absolute Gasteiger partial charge is 0.302 e. The number of rotatable bonds is 8. The predicted octanol–water partition coefficient (Wildman–Crippen LogP) is 7.49. The van der Waals surface area contributed by atoms with Crippen LogP contribution in [0.1, 0.15) is 94.4 Å². The van der Waals surface area contributed by atoms with Crippen molar-refractivity contribution in [3.8, 4) is 0 Å². The Morgan fingerprint density at radius 1 is 0.955 bits per heavy atom. The van der Waals surface area contributed by atoms with E-state index in [2.05, 4.69) is 52.3 Å². The molecule has 22 heavy (non-hydrogen) atoms. The smallest absolute Gasteiger partial charge is 0.0187 e. The number of hydrogen-bond donors (Lipinski definition) is 0. The fourth-order valence-electron chi connectivity index (χ4n) is 1.38. The van der Waals surface area contributed by atoms with Gasteiger partial charge in [-0.1, -0.05) is 84.6 Å². The van der Waals surface area contributed by atoms with Crippen LogP contribution in [-0.2, 0) is 0 Å². The van der Waals surface area contributed by atoms with Gasteiger partial charge in [0.1, 0.15) is 0 Å². The summed E-state index contributed by atoms with van der Waals surface area (Å²) in [5, 5.41) is 0. The normalized spacial score (nSPS) is 8.50. The first-order chi connectivity index (χ1) is 10.5. The van der Waals surface area contributed by atoms with Crippen LogP contribution in [0.25, 0.3) is 0 Å². The number of unbranched alkanes of at least 4 members (excludes halogenated alkanes) is 3. The van der Waals surface area contributed by atoms with E-state index in [0.717, 1.165) is 13.0 Å². The van der Waals surface area contributed by atoms with Crippen LogP contribution in [0.4, 0.5) is 0 Å². The molecule has 0 aliphatic carbocycles. The van der Waals surface area contributed by atoms with E-state index in [1.54, 1.807) is 0 Å². The highest BCUT2D eigenvalue weighted by atomic mass is 15.1. The molecule has 0 spiro atoms. The summed E-state index contributed by atoms with van der Waals surface area (Å²) >= 11 is 0. The molecule has 136 valence electrons. The fraction of sp³-hybridized carbons (Fsp3) is 0.810. The van der Waals surface area contributed by atoms with Gasteiger partial charge in [0.2, 0.25) is 0 Å². The average Bonchev–Trinajstić information content (AvgIpc) is 2.55. The SMILES string of the molecule is C=C(CC)CN(C)CCCCCC.CC.CC.CC=C(C)C. The Kier molecular flexibility index (Phi) is 38.3. The van der Waals surface area contributed by atoms with Crippen molar-refractivity contribution in [1.82, 2.24) is 4.90 Å². The molecule has 0 aromatic carbocycles. The molecule has 0 radical (unpaired) electrons. The maximum atomic E-state index is 4.02. The van der Waals surface area contributed by atoms with Crippen LogP contribution < -0.4 is 0 Å². The topological polar surface area (TPSA) is 3.24 Å². The lowest BCUT2D eigenvalue weighted by molar-refractivity contribution is 0.347. The molecule has 1 heteroatoms. The first kappa shape index (κ1) is 29.5. The van der Waals surface area contributed by atoms with E-state index < -0.39 is 0 Å². The van der Waals surface area contributed by atoms with E-state index in [4.69, 9.17) is 0 Å². The molecular weight excluding hydrogens is 266 g/mol. The highest BCUT2D eigenvalue weighted by Gasteiger charge is 1.98. The molecule has 0 atom stereocenters. The monoisotopic (exact) mass is 313 g/mol. The number of allylic oxidation sites excluding steroid dienone is 2. The summed E-state index contributed by atoms with van der Waals surface area (Å²) in [5.41, 5.74) is 2.72. The Hall–Kier alpha value is -0.560. The Bertz CT molecular complexity index is 212. The second-order valence-electron chi connectivity index (χ2n) is 5.27. The second-order valence-corrected chi connectivity index (χ2v) is 5.27. The van der Waals surface area contributed by atoms with E-state index in [-0.39, 0.29) is 0 Å². The van der Waals surface area contributed by atoms with Crippen molar-refractivity contribution in [3.63, 3.8) is 0 Å². The highest BCUT2D eigenvalue weighted by molar-refractivity contribution is 4.95. The van der Waals surface area contributed by atoms with E-state index in [1.165, 1.54) is 43.4 Å². The van der Waals surface area contributed by atoms with Gasteiger partial charge in [0.25, 0.3) is 0 Å². The van der Waals surface area contributed by atoms with Crippen molar-refractivity contribution in [2.75, 3.05) is 20.1 Å². The molecule has 0 aromatic heterocycles. The van der Waals surface area contributed by atoms with E-state index in [1.807, 2.05) is 34.6 Å². The van der Waals surface area contributed by atoms with Crippen molar-refractivity contribution in [2.24, 2.45) is 0 Å². The maximum absolute atomic E-state index is 4.02. The lowest BCUT2D eigenvalue weighted by atomic mass is 10.2. The van der Waals surface area contributed by atoms with Gasteiger partial charge in [-0.2, -0.15) is 0 Å². The van der Waals surface area contributed by atoms with Crippen LogP contribution in [0.15, 0.2) is 23.8 Å². The second kappa shape index (κ2) is 28.6. The summed E-state index contributed by atoms with van der Waals surface area (Å²) in [6, 6.07) is 0. The van der Waals surface area contributed by atoms with Gasteiger partial charge >= 0.3 is 0 Å². The molecule has 0 N–H and O–H groups in total. The molecule has 0 aliphatic rings. The molecule has 0 saturated heterocycles. The molecule has 0 unspecified atom stereocenters. The number of nitrogens with zero attached hydrogens (tertiary/aromatic N) is 1. The Morgan fingerprint density at radius 2 is 1.41 bits per heavy atom. The molecule has 0 saturated carbocycles. The van der Waals surface area contributed by atoms with E-state index >= 15 is 0 Å². The molecule has 0 aromatic rings. The lowest BCUT2D eigenvalue weighted by Gasteiger charge is -2.17. The number of likely N-dealkylation sites (N-methyl/N-ethyl adjacent to an activating group) is 1. The van der Waals surface area contributed by atoms with Gasteiger partial charge in [-0.15, -0.1) is 0 Å². The fourth-order valence-corrected chi connectivity index (χ4v) is 1.38. The Morgan fingerprint density at radius 3 is 1.73 bits per heavy atom.